The highest BCUT2D eigenvalue weighted by molar-refractivity contribution is 6.35. The van der Waals surface area contributed by atoms with E-state index in [1.807, 2.05) is 18.2 Å². The summed E-state index contributed by atoms with van der Waals surface area (Å²) in [4.78, 5) is 33.7. The summed E-state index contributed by atoms with van der Waals surface area (Å²) < 4.78 is 0. The number of carbonyl (C=O) groups excluding carboxylic acids is 2. The van der Waals surface area contributed by atoms with E-state index in [9.17, 15) is 9.59 Å². The number of nitrogens with zero attached hydrogens (tertiary/aromatic N) is 2. The van der Waals surface area contributed by atoms with Gasteiger partial charge in [-0.3, -0.25) is 19.5 Å². The molecule has 1 amide bonds. The van der Waals surface area contributed by atoms with Crippen LogP contribution in [0.4, 0.5) is 11.4 Å². The molecule has 0 radical (unpaired) electrons. The molecule has 1 aliphatic heterocycles. The Labute approximate surface area is 208 Å². The van der Waals surface area contributed by atoms with Crippen LogP contribution in [0.25, 0.3) is 0 Å². The molecule has 0 fully saturated rings. The number of allylic oxidation sites excluding steroid dienone is 1. The molecule has 1 atom stereocenters. The maximum absolute atomic E-state index is 14.1. The molecule has 2 aromatic carbocycles. The minimum absolute atomic E-state index is 0.0126. The van der Waals surface area contributed by atoms with Gasteiger partial charge in [-0.05, 0) is 47.7 Å². The predicted octanol–water partition coefficient (Wildman–Crippen LogP) is 6.85. The van der Waals surface area contributed by atoms with E-state index in [0.29, 0.717) is 51.0 Å². The van der Waals surface area contributed by atoms with E-state index in [-0.39, 0.29) is 17.1 Å². The van der Waals surface area contributed by atoms with Gasteiger partial charge < -0.3 is 5.32 Å². The first-order chi connectivity index (χ1) is 16.2. The molecule has 7 heteroatoms. The van der Waals surface area contributed by atoms with E-state index < -0.39 is 6.04 Å². The molecule has 5 rings (SSSR count). The molecule has 2 heterocycles. The Hall–Kier alpha value is -3.15. The van der Waals surface area contributed by atoms with Crippen molar-refractivity contribution in [2.45, 2.75) is 32.7 Å². The van der Waals surface area contributed by atoms with Crippen molar-refractivity contribution in [1.29, 1.82) is 0 Å². The van der Waals surface area contributed by atoms with Gasteiger partial charge in [-0.25, -0.2) is 0 Å². The first-order valence-electron chi connectivity index (χ1n) is 11.1. The van der Waals surface area contributed by atoms with Crippen molar-refractivity contribution in [3.05, 3.63) is 99.4 Å². The third-order valence-electron chi connectivity index (χ3n) is 6.29. The quantitative estimate of drug-likeness (QED) is 0.425. The van der Waals surface area contributed by atoms with Crippen LogP contribution in [0.15, 0.2) is 78.3 Å². The zero-order valence-corrected chi connectivity index (χ0v) is 20.3. The van der Waals surface area contributed by atoms with Crippen LogP contribution in [0.5, 0.6) is 0 Å². The maximum Gasteiger partial charge on any atom is 0.259 e. The molecule has 0 bridgehead atoms. The number of halogens is 2. The molecule has 0 saturated carbocycles. The van der Waals surface area contributed by atoms with E-state index in [0.717, 1.165) is 5.70 Å². The Morgan fingerprint density at radius 3 is 2.59 bits per heavy atom. The van der Waals surface area contributed by atoms with Crippen LogP contribution in [0.1, 0.15) is 48.7 Å². The third kappa shape index (κ3) is 3.99. The lowest BCUT2D eigenvalue weighted by atomic mass is 9.73. The second kappa shape index (κ2) is 8.57. The predicted molar refractivity (Wildman–Crippen MR) is 135 cm³/mol. The van der Waals surface area contributed by atoms with Crippen molar-refractivity contribution in [2.75, 3.05) is 10.2 Å². The zero-order chi connectivity index (χ0) is 24.0. The van der Waals surface area contributed by atoms with E-state index in [2.05, 4.69) is 24.1 Å². The van der Waals surface area contributed by atoms with Crippen LogP contribution in [0, 0.1) is 5.41 Å². The Balaban J connectivity index is 1.82. The van der Waals surface area contributed by atoms with Crippen molar-refractivity contribution in [3.63, 3.8) is 0 Å². The summed E-state index contributed by atoms with van der Waals surface area (Å²) in [5.74, 6) is -0.251. The van der Waals surface area contributed by atoms with E-state index in [1.54, 1.807) is 53.7 Å². The normalized spacial score (nSPS) is 19.1. The summed E-state index contributed by atoms with van der Waals surface area (Å²) >= 11 is 12.9. The van der Waals surface area contributed by atoms with Crippen LogP contribution in [0.2, 0.25) is 10.0 Å². The molecule has 1 unspecified atom stereocenters. The largest absolute Gasteiger partial charge is 0.356 e. The van der Waals surface area contributed by atoms with Crippen molar-refractivity contribution in [2.24, 2.45) is 5.41 Å². The van der Waals surface area contributed by atoms with Crippen molar-refractivity contribution in [3.8, 4) is 0 Å². The van der Waals surface area contributed by atoms with E-state index >= 15 is 0 Å². The average Bonchev–Trinajstić information content (AvgIpc) is 2.92. The molecule has 1 N–H and O–H groups in total. The highest BCUT2D eigenvalue weighted by Crippen LogP contribution is 2.49. The smallest absolute Gasteiger partial charge is 0.259 e. The summed E-state index contributed by atoms with van der Waals surface area (Å²) in [6.45, 7) is 4.14. The van der Waals surface area contributed by atoms with Crippen LogP contribution in [-0.4, -0.2) is 16.7 Å². The molecule has 34 heavy (non-hydrogen) atoms. The van der Waals surface area contributed by atoms with Crippen LogP contribution >= 0.6 is 23.2 Å². The average molecular weight is 492 g/mol. The van der Waals surface area contributed by atoms with Crippen molar-refractivity contribution in [1.82, 2.24) is 4.98 Å². The third-order valence-corrected chi connectivity index (χ3v) is 6.85. The molecule has 0 saturated heterocycles. The van der Waals surface area contributed by atoms with Gasteiger partial charge >= 0.3 is 0 Å². The summed E-state index contributed by atoms with van der Waals surface area (Å²) in [7, 11) is 0. The van der Waals surface area contributed by atoms with E-state index in [4.69, 9.17) is 23.2 Å². The second-order valence-corrected chi connectivity index (χ2v) is 10.3. The number of aromatic nitrogens is 1. The number of carbonyl (C=O) groups is 2. The first-order valence-corrected chi connectivity index (χ1v) is 11.8. The molecule has 2 aliphatic rings. The number of nitrogens with one attached hydrogen (secondary N) is 1. The summed E-state index contributed by atoms with van der Waals surface area (Å²) in [6, 6.07) is 15.3. The second-order valence-electron chi connectivity index (χ2n) is 9.46. The molecule has 172 valence electrons. The lowest BCUT2D eigenvalue weighted by molar-refractivity contribution is -0.118. The molecule has 1 aliphatic carbocycles. The number of fused-ring (bicyclic) bond motifs is 1. The number of benzene rings is 2. The monoisotopic (exact) mass is 491 g/mol. The molecule has 1 aromatic heterocycles. The highest BCUT2D eigenvalue weighted by Gasteiger charge is 2.44. The topological polar surface area (TPSA) is 62.3 Å². The number of ketones is 1. The van der Waals surface area contributed by atoms with Crippen molar-refractivity contribution < 1.29 is 9.59 Å². The highest BCUT2D eigenvalue weighted by atomic mass is 35.5. The van der Waals surface area contributed by atoms with E-state index in [1.165, 1.54) is 0 Å². The fraction of sp³-hybridized carbons (Fsp3) is 0.222. The zero-order valence-electron chi connectivity index (χ0n) is 18.8. The minimum atomic E-state index is -0.729. The van der Waals surface area contributed by atoms with Crippen molar-refractivity contribution >= 4 is 46.3 Å². The number of hydrogen-bond donors (Lipinski definition) is 1. The number of hydrogen-bond acceptors (Lipinski definition) is 4. The fourth-order valence-corrected chi connectivity index (χ4v) is 5.36. The summed E-state index contributed by atoms with van der Waals surface area (Å²) in [5.41, 5.74) is 3.55. The number of anilines is 2. The van der Waals surface area contributed by atoms with Gasteiger partial charge in [0.15, 0.2) is 5.78 Å². The number of amides is 1. The van der Waals surface area contributed by atoms with Gasteiger partial charge in [0.25, 0.3) is 5.91 Å². The summed E-state index contributed by atoms with van der Waals surface area (Å²) in [6.07, 6.45) is 4.35. The van der Waals surface area contributed by atoms with Gasteiger partial charge in [0.2, 0.25) is 0 Å². The fourth-order valence-electron chi connectivity index (χ4n) is 4.85. The Morgan fingerprint density at radius 2 is 1.85 bits per heavy atom. The number of rotatable bonds is 2. The van der Waals surface area contributed by atoms with Gasteiger partial charge in [0, 0.05) is 39.5 Å². The molecular weight excluding hydrogens is 469 g/mol. The lowest BCUT2D eigenvalue weighted by Gasteiger charge is -2.37. The lowest BCUT2D eigenvalue weighted by Crippen LogP contribution is -2.39. The van der Waals surface area contributed by atoms with Crippen LogP contribution < -0.4 is 10.2 Å². The summed E-state index contributed by atoms with van der Waals surface area (Å²) in [5, 5.41) is 4.32. The van der Waals surface area contributed by atoms with Gasteiger partial charge in [-0.2, -0.15) is 0 Å². The van der Waals surface area contributed by atoms with Crippen LogP contribution in [0.3, 0.4) is 0 Å². The maximum atomic E-state index is 14.1. The molecule has 0 spiro atoms. The Kier molecular flexibility index (Phi) is 5.70. The van der Waals surface area contributed by atoms with Gasteiger partial charge in [0.1, 0.15) is 0 Å². The van der Waals surface area contributed by atoms with Gasteiger partial charge in [0.05, 0.1) is 23.6 Å². The Morgan fingerprint density at radius 1 is 1.09 bits per heavy atom. The van der Waals surface area contributed by atoms with Gasteiger partial charge in [-0.1, -0.05) is 61.3 Å². The van der Waals surface area contributed by atoms with Crippen LogP contribution in [-0.2, 0) is 4.79 Å². The molecular formula is C27H23Cl2N3O2. The number of pyridine rings is 1. The van der Waals surface area contributed by atoms with Gasteiger partial charge in [-0.15, -0.1) is 0 Å². The molecule has 5 nitrogen and oxygen atoms in total. The Bertz CT molecular complexity index is 1330. The SMILES string of the molecule is CC1(C)CC(=O)C2=C(C1)Nc1cnccc1N(C(=O)c1ccccc1)C2c1ccc(Cl)cc1Cl. The number of Topliss-reactive ketones (excluding diaryl/α,β-unsaturated/α-hetero) is 1. The first kappa shape index (κ1) is 22.6. The minimum Gasteiger partial charge on any atom is -0.356 e. The molecule has 3 aromatic rings. The standard InChI is InChI=1S/C27H23Cl2N3O2/c1-27(2)13-20-24(23(33)14-27)25(18-9-8-17(28)12-19(18)29)32(22-10-11-30-15-21(22)31-20)26(34)16-6-4-3-5-7-16/h3-12,15,25,31H,13-14H2,1-2H3.